The van der Waals surface area contributed by atoms with Gasteiger partial charge in [0.2, 0.25) is 5.84 Å². The van der Waals surface area contributed by atoms with Crippen molar-refractivity contribution in [3.8, 4) is 0 Å². The van der Waals surface area contributed by atoms with Crippen molar-refractivity contribution in [3.05, 3.63) is 24.1 Å². The van der Waals surface area contributed by atoms with Crippen molar-refractivity contribution in [2.24, 2.45) is 0 Å². The number of aromatic nitrogens is 2. The zero-order chi connectivity index (χ0) is 10.1. The molecule has 1 aromatic rings. The van der Waals surface area contributed by atoms with Gasteiger partial charge in [0, 0.05) is 12.4 Å². The zero-order valence-electron chi connectivity index (χ0n) is 6.26. The highest BCUT2D eigenvalue weighted by Gasteiger charge is 2.35. The predicted molar refractivity (Wildman–Crippen MR) is 37.3 cm³/mol. The van der Waals surface area contributed by atoms with E-state index in [2.05, 4.69) is 4.98 Å². The average molecular weight is 190 g/mol. The van der Waals surface area contributed by atoms with E-state index >= 15 is 0 Å². The van der Waals surface area contributed by atoms with Crippen molar-refractivity contribution in [3.63, 3.8) is 0 Å². The fourth-order valence-corrected chi connectivity index (χ4v) is 0.693. The van der Waals surface area contributed by atoms with Crippen LogP contribution in [0.5, 0.6) is 0 Å². The van der Waals surface area contributed by atoms with Crippen molar-refractivity contribution in [1.82, 2.24) is 9.55 Å². The van der Waals surface area contributed by atoms with Gasteiger partial charge in [-0.25, -0.2) is 0 Å². The van der Waals surface area contributed by atoms with Gasteiger partial charge < -0.3 is 0 Å². The Bertz CT molecular complexity index is 378. The number of rotatable bonds is 0. The third-order valence-corrected chi connectivity index (χ3v) is 1.27. The van der Waals surface area contributed by atoms with Gasteiger partial charge in [0.05, 0.1) is 6.20 Å². The first-order chi connectivity index (χ1) is 5.93. The van der Waals surface area contributed by atoms with Crippen LogP contribution in [0.25, 0.3) is 0 Å². The second-order valence-corrected chi connectivity index (χ2v) is 2.18. The summed E-state index contributed by atoms with van der Waals surface area (Å²) in [4.78, 5) is 3.44. The SMILES string of the molecule is N=C(n1ccncc1=N)C(F)(F)F. The first-order valence-corrected chi connectivity index (χ1v) is 3.16. The molecule has 0 aromatic carbocycles. The fraction of sp³-hybridized carbons (Fsp3) is 0.167. The standard InChI is InChI=1S/C6H5F3N4/c7-6(8,9)5(11)13-2-1-12-3-4(13)10/h1-3,10-11H. The van der Waals surface area contributed by atoms with Crippen LogP contribution in [0.15, 0.2) is 18.6 Å². The van der Waals surface area contributed by atoms with Gasteiger partial charge >= 0.3 is 6.18 Å². The van der Waals surface area contributed by atoms with Crippen molar-refractivity contribution in [2.75, 3.05) is 0 Å². The van der Waals surface area contributed by atoms with Crippen molar-refractivity contribution < 1.29 is 13.2 Å². The molecule has 2 N–H and O–H groups in total. The van der Waals surface area contributed by atoms with Crippen LogP contribution in [0.3, 0.4) is 0 Å². The van der Waals surface area contributed by atoms with Gasteiger partial charge in [-0.2, -0.15) is 13.2 Å². The zero-order valence-corrected chi connectivity index (χ0v) is 6.26. The lowest BCUT2D eigenvalue weighted by molar-refractivity contribution is -0.0626. The molecule has 70 valence electrons. The van der Waals surface area contributed by atoms with E-state index in [1.54, 1.807) is 0 Å². The Morgan fingerprint density at radius 2 is 2.08 bits per heavy atom. The summed E-state index contributed by atoms with van der Waals surface area (Å²) in [5.74, 6) is -1.60. The van der Waals surface area contributed by atoms with E-state index in [9.17, 15) is 13.2 Å². The number of hydrogen-bond acceptors (Lipinski definition) is 3. The number of halogens is 3. The molecule has 0 saturated heterocycles. The summed E-state index contributed by atoms with van der Waals surface area (Å²) >= 11 is 0. The minimum absolute atomic E-state index is 0.396. The van der Waals surface area contributed by atoms with Crippen LogP contribution in [-0.4, -0.2) is 21.6 Å². The Morgan fingerprint density at radius 3 is 2.54 bits per heavy atom. The molecule has 0 bridgehead atoms. The Labute approximate surface area is 70.7 Å². The summed E-state index contributed by atoms with van der Waals surface area (Å²) < 4.78 is 36.3. The van der Waals surface area contributed by atoms with Gasteiger partial charge in [-0.05, 0) is 0 Å². The first-order valence-electron chi connectivity index (χ1n) is 3.16. The summed E-state index contributed by atoms with van der Waals surface area (Å²) in [6.45, 7) is 0. The monoisotopic (exact) mass is 190 g/mol. The quantitative estimate of drug-likeness (QED) is 0.460. The molecule has 13 heavy (non-hydrogen) atoms. The highest BCUT2D eigenvalue weighted by Crippen LogP contribution is 2.15. The molecular weight excluding hydrogens is 185 g/mol. The fourth-order valence-electron chi connectivity index (χ4n) is 0.693. The minimum Gasteiger partial charge on any atom is -0.283 e. The van der Waals surface area contributed by atoms with E-state index in [-0.39, 0.29) is 0 Å². The Hall–Kier alpha value is -1.66. The maximum Gasteiger partial charge on any atom is 0.449 e. The van der Waals surface area contributed by atoms with Crippen LogP contribution < -0.4 is 5.49 Å². The molecule has 1 aromatic heterocycles. The molecule has 4 nitrogen and oxygen atoms in total. The molecular formula is C6H5F3N4. The second kappa shape index (κ2) is 3.00. The summed E-state index contributed by atoms with van der Waals surface area (Å²) in [5.41, 5.74) is -0.482. The van der Waals surface area contributed by atoms with Gasteiger partial charge in [0.1, 0.15) is 5.49 Å². The summed E-state index contributed by atoms with van der Waals surface area (Å²) in [6.07, 6.45) is -1.82. The molecule has 0 spiro atoms. The van der Waals surface area contributed by atoms with E-state index in [0.29, 0.717) is 4.57 Å². The van der Waals surface area contributed by atoms with Crippen molar-refractivity contribution in [1.29, 1.82) is 10.8 Å². The van der Waals surface area contributed by atoms with Crippen LogP contribution in [0, 0.1) is 10.8 Å². The second-order valence-electron chi connectivity index (χ2n) is 2.18. The largest absolute Gasteiger partial charge is 0.449 e. The highest BCUT2D eigenvalue weighted by atomic mass is 19.4. The lowest BCUT2D eigenvalue weighted by atomic mass is 10.5. The molecule has 0 aliphatic rings. The number of alkyl halides is 3. The summed E-state index contributed by atoms with van der Waals surface area (Å²) in [5, 5.41) is 13.8. The number of nitrogens with zero attached hydrogens (tertiary/aromatic N) is 2. The van der Waals surface area contributed by atoms with Gasteiger partial charge in [-0.1, -0.05) is 0 Å². The van der Waals surface area contributed by atoms with Crippen molar-refractivity contribution >= 4 is 5.84 Å². The topological polar surface area (TPSA) is 65.5 Å². The van der Waals surface area contributed by atoms with Crippen LogP contribution in [0.1, 0.15) is 0 Å². The number of nitrogens with one attached hydrogen (secondary N) is 2. The molecule has 0 amide bonds. The molecule has 0 fully saturated rings. The smallest absolute Gasteiger partial charge is 0.283 e. The van der Waals surface area contributed by atoms with Crippen LogP contribution in [-0.2, 0) is 0 Å². The van der Waals surface area contributed by atoms with Crippen molar-refractivity contribution in [2.45, 2.75) is 6.18 Å². The molecule has 0 aliphatic carbocycles. The average Bonchev–Trinajstić information content (AvgIpc) is 2.02. The summed E-state index contributed by atoms with van der Waals surface area (Å²) in [6, 6.07) is 0. The lowest BCUT2D eigenvalue weighted by Crippen LogP contribution is -2.36. The molecule has 0 radical (unpaired) electrons. The highest BCUT2D eigenvalue weighted by molar-refractivity contribution is 5.86. The Morgan fingerprint density at radius 1 is 1.46 bits per heavy atom. The molecule has 0 aliphatic heterocycles. The molecule has 0 unspecified atom stereocenters. The predicted octanol–water partition coefficient (Wildman–Crippen LogP) is 0.750. The first kappa shape index (κ1) is 9.43. The molecule has 0 saturated carbocycles. The van der Waals surface area contributed by atoms with Gasteiger partial charge in [0.25, 0.3) is 0 Å². The molecule has 1 heterocycles. The van der Waals surface area contributed by atoms with Gasteiger partial charge in [0.15, 0.2) is 0 Å². The number of hydrogen-bond donors (Lipinski definition) is 2. The normalized spacial score (nSPS) is 11.3. The third kappa shape index (κ3) is 1.92. The van der Waals surface area contributed by atoms with E-state index < -0.39 is 17.5 Å². The minimum atomic E-state index is -4.75. The van der Waals surface area contributed by atoms with E-state index in [4.69, 9.17) is 10.8 Å². The van der Waals surface area contributed by atoms with Crippen LogP contribution >= 0.6 is 0 Å². The van der Waals surface area contributed by atoms with E-state index in [1.165, 1.54) is 0 Å². The van der Waals surface area contributed by atoms with Gasteiger partial charge in [-0.15, -0.1) is 0 Å². The van der Waals surface area contributed by atoms with Gasteiger partial charge in [-0.3, -0.25) is 20.4 Å². The Kier molecular flexibility index (Phi) is 2.18. The maximum absolute atomic E-state index is 12.0. The Balaban J connectivity index is 3.18. The van der Waals surface area contributed by atoms with E-state index in [0.717, 1.165) is 18.6 Å². The molecule has 7 heteroatoms. The lowest BCUT2D eigenvalue weighted by Gasteiger charge is -2.10. The molecule has 0 atom stereocenters. The van der Waals surface area contributed by atoms with E-state index in [1.807, 2.05) is 0 Å². The van der Waals surface area contributed by atoms with Crippen LogP contribution in [0.4, 0.5) is 13.2 Å². The summed E-state index contributed by atoms with van der Waals surface area (Å²) in [7, 11) is 0. The molecule has 1 rings (SSSR count). The third-order valence-electron chi connectivity index (χ3n) is 1.27. The van der Waals surface area contributed by atoms with Crippen LogP contribution in [0.2, 0.25) is 0 Å². The maximum atomic E-state index is 12.0.